The number of carboxylic acid groups (broad SMARTS) is 1. The van der Waals surface area contributed by atoms with Crippen LogP contribution in [-0.4, -0.2) is 26.5 Å². The van der Waals surface area contributed by atoms with Crippen molar-refractivity contribution in [1.82, 2.24) is 9.55 Å². The summed E-state index contributed by atoms with van der Waals surface area (Å²) in [6, 6.07) is 4.31. The number of aromatic carboxylic acids is 1. The molecule has 0 saturated heterocycles. The molecule has 3 N–H and O–H groups in total. The standard InChI is InChI=1S/C13H15N3O3/c1-3-10-15-11-8(13(18)19)5-4-6-9(11)16(10)7(2)12(14)17/h4-7H,3H2,1-2H3,(H2,14,17)(H,18,19). The van der Waals surface area contributed by atoms with Gasteiger partial charge in [0, 0.05) is 6.42 Å². The third kappa shape index (κ3) is 2.05. The number of carboxylic acids is 1. The lowest BCUT2D eigenvalue weighted by Crippen LogP contribution is -2.25. The van der Waals surface area contributed by atoms with Crippen LogP contribution >= 0.6 is 0 Å². The third-order valence-electron chi connectivity index (χ3n) is 3.14. The minimum Gasteiger partial charge on any atom is -0.478 e. The van der Waals surface area contributed by atoms with Gasteiger partial charge in [-0.2, -0.15) is 0 Å². The summed E-state index contributed by atoms with van der Waals surface area (Å²) in [6.45, 7) is 3.57. The van der Waals surface area contributed by atoms with Crippen LogP contribution in [0.2, 0.25) is 0 Å². The maximum atomic E-state index is 11.4. The summed E-state index contributed by atoms with van der Waals surface area (Å²) in [5.41, 5.74) is 6.47. The molecule has 1 heterocycles. The minimum atomic E-state index is -1.04. The summed E-state index contributed by atoms with van der Waals surface area (Å²) in [7, 11) is 0. The summed E-state index contributed by atoms with van der Waals surface area (Å²) < 4.78 is 1.70. The topological polar surface area (TPSA) is 98.2 Å². The predicted molar refractivity (Wildman–Crippen MR) is 70.0 cm³/mol. The first kappa shape index (κ1) is 13.1. The Morgan fingerprint density at radius 2 is 2.16 bits per heavy atom. The third-order valence-corrected chi connectivity index (χ3v) is 3.14. The lowest BCUT2D eigenvalue weighted by atomic mass is 10.2. The van der Waals surface area contributed by atoms with Crippen LogP contribution in [0.15, 0.2) is 18.2 Å². The molecule has 1 aromatic carbocycles. The molecule has 6 heteroatoms. The molecule has 0 aliphatic heterocycles. The van der Waals surface area contributed by atoms with Crippen molar-refractivity contribution in [2.45, 2.75) is 26.3 Å². The normalized spacial score (nSPS) is 12.5. The lowest BCUT2D eigenvalue weighted by molar-refractivity contribution is -0.120. The summed E-state index contributed by atoms with van der Waals surface area (Å²) in [5, 5.41) is 9.16. The molecule has 2 aromatic rings. The van der Waals surface area contributed by atoms with E-state index in [2.05, 4.69) is 4.98 Å². The molecule has 1 aromatic heterocycles. The number of para-hydroxylation sites is 1. The maximum absolute atomic E-state index is 11.4. The highest BCUT2D eigenvalue weighted by molar-refractivity contribution is 6.01. The van der Waals surface area contributed by atoms with Crippen LogP contribution in [0.1, 0.15) is 36.1 Å². The molecule has 0 saturated carbocycles. The van der Waals surface area contributed by atoms with Gasteiger partial charge in [-0.1, -0.05) is 13.0 Å². The van der Waals surface area contributed by atoms with Crippen LogP contribution in [0, 0.1) is 0 Å². The Balaban J connectivity index is 2.79. The molecule has 19 heavy (non-hydrogen) atoms. The monoisotopic (exact) mass is 261 g/mol. The molecule has 1 atom stereocenters. The number of carbonyl (C=O) groups excluding carboxylic acids is 1. The van der Waals surface area contributed by atoms with Gasteiger partial charge >= 0.3 is 5.97 Å². The minimum absolute atomic E-state index is 0.127. The molecule has 0 aliphatic rings. The summed E-state index contributed by atoms with van der Waals surface area (Å²) in [4.78, 5) is 26.9. The highest BCUT2D eigenvalue weighted by atomic mass is 16.4. The average molecular weight is 261 g/mol. The van der Waals surface area contributed by atoms with Gasteiger partial charge in [0.15, 0.2) is 0 Å². The number of rotatable bonds is 4. The molecule has 2 rings (SSSR count). The van der Waals surface area contributed by atoms with E-state index in [-0.39, 0.29) is 5.56 Å². The Morgan fingerprint density at radius 3 is 2.68 bits per heavy atom. The van der Waals surface area contributed by atoms with E-state index in [1.165, 1.54) is 6.07 Å². The molecule has 1 amide bonds. The van der Waals surface area contributed by atoms with Crippen LogP contribution in [0.3, 0.4) is 0 Å². The molecule has 0 bridgehead atoms. The fourth-order valence-corrected chi connectivity index (χ4v) is 2.15. The van der Waals surface area contributed by atoms with Crippen molar-refractivity contribution >= 4 is 22.9 Å². The second-order valence-electron chi connectivity index (χ2n) is 4.31. The van der Waals surface area contributed by atoms with Crippen molar-refractivity contribution in [3.05, 3.63) is 29.6 Å². The highest BCUT2D eigenvalue weighted by Gasteiger charge is 2.21. The Morgan fingerprint density at radius 1 is 1.47 bits per heavy atom. The Bertz CT molecular complexity index is 660. The molecule has 0 spiro atoms. The Hall–Kier alpha value is -2.37. The molecular weight excluding hydrogens is 246 g/mol. The average Bonchev–Trinajstić information content (AvgIpc) is 2.75. The number of hydrogen-bond acceptors (Lipinski definition) is 3. The van der Waals surface area contributed by atoms with Gasteiger partial charge in [-0.3, -0.25) is 4.79 Å². The summed E-state index contributed by atoms with van der Waals surface area (Å²) in [6.07, 6.45) is 0.589. The van der Waals surface area contributed by atoms with Gasteiger partial charge in [0.2, 0.25) is 5.91 Å². The van der Waals surface area contributed by atoms with Crippen LogP contribution in [0.25, 0.3) is 11.0 Å². The largest absolute Gasteiger partial charge is 0.478 e. The molecule has 0 fully saturated rings. The summed E-state index contributed by atoms with van der Waals surface area (Å²) >= 11 is 0. The van der Waals surface area contributed by atoms with Gasteiger partial charge in [-0.25, -0.2) is 9.78 Å². The number of nitrogens with zero attached hydrogens (tertiary/aromatic N) is 2. The Labute approximate surface area is 109 Å². The van der Waals surface area contributed by atoms with Gasteiger partial charge in [0.1, 0.15) is 17.4 Å². The predicted octanol–water partition coefficient (Wildman–Crippen LogP) is 1.34. The highest BCUT2D eigenvalue weighted by Crippen LogP contribution is 2.24. The first-order chi connectivity index (χ1) is 8.97. The van der Waals surface area contributed by atoms with Crippen molar-refractivity contribution in [3.8, 4) is 0 Å². The van der Waals surface area contributed by atoms with Crippen LogP contribution < -0.4 is 5.73 Å². The molecule has 100 valence electrons. The van der Waals surface area contributed by atoms with E-state index in [0.29, 0.717) is 23.3 Å². The number of amides is 1. The van der Waals surface area contributed by atoms with E-state index in [1.807, 2.05) is 6.92 Å². The quantitative estimate of drug-likeness (QED) is 0.867. The molecular formula is C13H15N3O3. The zero-order valence-electron chi connectivity index (χ0n) is 10.8. The van der Waals surface area contributed by atoms with E-state index < -0.39 is 17.9 Å². The number of fused-ring (bicyclic) bond motifs is 1. The van der Waals surface area contributed by atoms with Crippen molar-refractivity contribution in [3.63, 3.8) is 0 Å². The van der Waals surface area contributed by atoms with E-state index >= 15 is 0 Å². The number of primary amides is 1. The fourth-order valence-electron chi connectivity index (χ4n) is 2.15. The second-order valence-corrected chi connectivity index (χ2v) is 4.31. The van der Waals surface area contributed by atoms with Crippen molar-refractivity contribution in [1.29, 1.82) is 0 Å². The van der Waals surface area contributed by atoms with Crippen LogP contribution in [-0.2, 0) is 11.2 Å². The van der Waals surface area contributed by atoms with Gasteiger partial charge < -0.3 is 15.4 Å². The van der Waals surface area contributed by atoms with E-state index in [4.69, 9.17) is 10.8 Å². The molecule has 1 unspecified atom stereocenters. The van der Waals surface area contributed by atoms with Crippen molar-refractivity contribution < 1.29 is 14.7 Å². The molecule has 0 radical (unpaired) electrons. The number of aryl methyl sites for hydroxylation is 1. The smallest absolute Gasteiger partial charge is 0.337 e. The molecule has 6 nitrogen and oxygen atoms in total. The SMILES string of the molecule is CCc1nc2c(C(=O)O)cccc2n1C(C)C(N)=O. The number of nitrogens with two attached hydrogens (primary N) is 1. The number of aromatic nitrogens is 2. The maximum Gasteiger partial charge on any atom is 0.337 e. The number of hydrogen-bond donors (Lipinski definition) is 2. The second kappa shape index (κ2) is 4.72. The number of carbonyl (C=O) groups is 2. The fraction of sp³-hybridized carbons (Fsp3) is 0.308. The van der Waals surface area contributed by atoms with Crippen molar-refractivity contribution in [2.75, 3.05) is 0 Å². The van der Waals surface area contributed by atoms with Crippen LogP contribution in [0.4, 0.5) is 0 Å². The zero-order chi connectivity index (χ0) is 14.2. The van der Waals surface area contributed by atoms with E-state index in [9.17, 15) is 9.59 Å². The summed E-state index contributed by atoms with van der Waals surface area (Å²) in [5.74, 6) is -0.866. The van der Waals surface area contributed by atoms with Gasteiger partial charge in [-0.15, -0.1) is 0 Å². The zero-order valence-corrected chi connectivity index (χ0v) is 10.8. The van der Waals surface area contributed by atoms with E-state index in [1.54, 1.807) is 23.6 Å². The number of imidazole rings is 1. The van der Waals surface area contributed by atoms with Gasteiger partial charge in [0.25, 0.3) is 0 Å². The first-order valence-corrected chi connectivity index (χ1v) is 5.99. The van der Waals surface area contributed by atoms with E-state index in [0.717, 1.165) is 0 Å². The Kier molecular flexibility index (Phi) is 3.25. The van der Waals surface area contributed by atoms with Crippen LogP contribution in [0.5, 0.6) is 0 Å². The van der Waals surface area contributed by atoms with Gasteiger partial charge in [0.05, 0.1) is 11.1 Å². The number of benzene rings is 1. The molecule has 0 aliphatic carbocycles. The van der Waals surface area contributed by atoms with Gasteiger partial charge in [-0.05, 0) is 19.1 Å². The van der Waals surface area contributed by atoms with Crippen molar-refractivity contribution in [2.24, 2.45) is 5.73 Å². The lowest BCUT2D eigenvalue weighted by Gasteiger charge is -2.13. The first-order valence-electron chi connectivity index (χ1n) is 5.99.